The number of hydrogen-bond acceptors (Lipinski definition) is 2. The zero-order valence-electron chi connectivity index (χ0n) is 13.0. The Morgan fingerprint density at radius 3 is 2.27 bits per heavy atom. The average molecular weight is 319 g/mol. The summed E-state index contributed by atoms with van der Waals surface area (Å²) < 4.78 is 0. The predicted molar refractivity (Wildman–Crippen MR) is 93.2 cm³/mol. The largest absolute Gasteiger partial charge is 0.349 e. The maximum atomic E-state index is 12.5. The molecule has 0 saturated carbocycles. The zero-order valence-corrected chi connectivity index (χ0v) is 13.8. The van der Waals surface area contributed by atoms with Gasteiger partial charge in [-0.05, 0) is 30.5 Å². The van der Waals surface area contributed by atoms with Crippen LogP contribution in [-0.2, 0) is 4.79 Å². The molecular formula is C18H23ClN2O. The lowest BCUT2D eigenvalue weighted by molar-refractivity contribution is -0.123. The van der Waals surface area contributed by atoms with Gasteiger partial charge in [0.05, 0.1) is 12.0 Å². The number of nitrogens with two attached hydrogens (primary N) is 1. The Morgan fingerprint density at radius 2 is 1.68 bits per heavy atom. The number of rotatable bonds is 5. The van der Waals surface area contributed by atoms with Crippen molar-refractivity contribution in [3.63, 3.8) is 0 Å². The number of carbonyl (C=O) groups excluding carboxylic acids is 1. The molecule has 22 heavy (non-hydrogen) atoms. The highest BCUT2D eigenvalue weighted by atomic mass is 35.5. The van der Waals surface area contributed by atoms with Crippen molar-refractivity contribution < 1.29 is 4.79 Å². The Hall–Kier alpha value is -1.84. The minimum atomic E-state index is -0.308. The first-order valence-electron chi connectivity index (χ1n) is 7.24. The van der Waals surface area contributed by atoms with E-state index in [-0.39, 0.29) is 30.3 Å². The molecule has 0 spiro atoms. The molecule has 0 fully saturated rings. The van der Waals surface area contributed by atoms with E-state index in [1.165, 1.54) is 5.56 Å². The normalized spacial score (nSPS) is 12.9. The lowest BCUT2D eigenvalue weighted by Crippen LogP contribution is -2.35. The van der Waals surface area contributed by atoms with E-state index in [0.29, 0.717) is 6.54 Å². The highest BCUT2D eigenvalue weighted by molar-refractivity contribution is 5.85. The summed E-state index contributed by atoms with van der Waals surface area (Å²) in [6.07, 6.45) is 0. The number of aryl methyl sites for hydroxylation is 1. The maximum absolute atomic E-state index is 12.5. The maximum Gasteiger partial charge on any atom is 0.229 e. The summed E-state index contributed by atoms with van der Waals surface area (Å²) in [4.78, 5) is 12.5. The molecule has 3 N–H and O–H groups in total. The first kappa shape index (κ1) is 18.2. The summed E-state index contributed by atoms with van der Waals surface area (Å²) in [5.74, 6) is -0.336. The van der Waals surface area contributed by atoms with Gasteiger partial charge >= 0.3 is 0 Å². The van der Waals surface area contributed by atoms with Gasteiger partial charge in [-0.25, -0.2) is 0 Å². The van der Waals surface area contributed by atoms with Crippen LogP contribution in [-0.4, -0.2) is 12.5 Å². The van der Waals surface area contributed by atoms with Gasteiger partial charge in [-0.3, -0.25) is 4.79 Å². The Kier molecular flexibility index (Phi) is 7.09. The molecule has 0 aliphatic rings. The lowest BCUT2D eigenvalue weighted by atomic mass is 9.97. The average Bonchev–Trinajstić information content (AvgIpc) is 2.49. The van der Waals surface area contributed by atoms with Crippen molar-refractivity contribution in [3.8, 4) is 0 Å². The van der Waals surface area contributed by atoms with Gasteiger partial charge in [-0.1, -0.05) is 54.6 Å². The second-order valence-corrected chi connectivity index (χ2v) is 5.29. The number of halogens is 1. The third-order valence-electron chi connectivity index (χ3n) is 3.77. The first-order valence-corrected chi connectivity index (χ1v) is 7.24. The topological polar surface area (TPSA) is 55.1 Å². The fourth-order valence-corrected chi connectivity index (χ4v) is 2.54. The van der Waals surface area contributed by atoms with Crippen molar-refractivity contribution in [2.75, 3.05) is 6.54 Å². The second-order valence-electron chi connectivity index (χ2n) is 5.29. The Morgan fingerprint density at radius 1 is 1.09 bits per heavy atom. The summed E-state index contributed by atoms with van der Waals surface area (Å²) in [7, 11) is 0. The lowest BCUT2D eigenvalue weighted by Gasteiger charge is -2.21. The highest BCUT2D eigenvalue weighted by Gasteiger charge is 2.21. The van der Waals surface area contributed by atoms with Crippen LogP contribution in [0.4, 0.5) is 0 Å². The van der Waals surface area contributed by atoms with Gasteiger partial charge in [0.2, 0.25) is 5.91 Å². The summed E-state index contributed by atoms with van der Waals surface area (Å²) in [5.41, 5.74) is 9.05. The third kappa shape index (κ3) is 4.33. The molecule has 0 saturated heterocycles. The van der Waals surface area contributed by atoms with Crippen molar-refractivity contribution in [2.24, 2.45) is 5.73 Å². The molecule has 0 aliphatic carbocycles. The molecule has 2 aromatic rings. The first-order chi connectivity index (χ1) is 10.1. The van der Waals surface area contributed by atoms with Crippen LogP contribution >= 0.6 is 12.4 Å². The summed E-state index contributed by atoms with van der Waals surface area (Å²) in [6.45, 7) is 4.35. The van der Waals surface area contributed by atoms with Crippen LogP contribution in [0.3, 0.4) is 0 Å². The van der Waals surface area contributed by atoms with Crippen LogP contribution in [0.25, 0.3) is 0 Å². The van der Waals surface area contributed by atoms with Crippen LogP contribution in [0.2, 0.25) is 0 Å². The van der Waals surface area contributed by atoms with E-state index < -0.39 is 0 Å². The van der Waals surface area contributed by atoms with Crippen molar-refractivity contribution in [1.29, 1.82) is 0 Å². The van der Waals surface area contributed by atoms with E-state index in [0.717, 1.165) is 11.1 Å². The minimum Gasteiger partial charge on any atom is -0.349 e. The third-order valence-corrected chi connectivity index (χ3v) is 3.77. The SMILES string of the molecule is Cc1ccccc1C(C)NC(=O)C(CN)c1ccccc1.Cl. The Bertz CT molecular complexity index is 601. The number of hydrogen-bond donors (Lipinski definition) is 2. The van der Waals surface area contributed by atoms with Crippen molar-refractivity contribution in [1.82, 2.24) is 5.32 Å². The molecule has 2 unspecified atom stereocenters. The molecule has 0 aliphatic heterocycles. The van der Waals surface area contributed by atoms with E-state index in [4.69, 9.17) is 5.73 Å². The number of nitrogens with one attached hydrogen (secondary N) is 1. The van der Waals surface area contributed by atoms with E-state index >= 15 is 0 Å². The van der Waals surface area contributed by atoms with Crippen LogP contribution < -0.4 is 11.1 Å². The fourth-order valence-electron chi connectivity index (χ4n) is 2.54. The molecule has 4 heteroatoms. The molecule has 0 bridgehead atoms. The molecular weight excluding hydrogens is 296 g/mol. The number of carbonyl (C=O) groups is 1. The molecule has 0 radical (unpaired) electrons. The number of amides is 1. The highest BCUT2D eigenvalue weighted by Crippen LogP contribution is 2.20. The second kappa shape index (κ2) is 8.57. The molecule has 2 rings (SSSR count). The smallest absolute Gasteiger partial charge is 0.229 e. The van der Waals surface area contributed by atoms with E-state index in [9.17, 15) is 4.79 Å². The van der Waals surface area contributed by atoms with Crippen molar-refractivity contribution >= 4 is 18.3 Å². The van der Waals surface area contributed by atoms with Gasteiger partial charge in [-0.15, -0.1) is 12.4 Å². The van der Waals surface area contributed by atoms with Crippen LogP contribution in [0.1, 0.15) is 35.6 Å². The van der Waals surface area contributed by atoms with E-state index in [1.807, 2.05) is 55.5 Å². The van der Waals surface area contributed by atoms with Crippen molar-refractivity contribution in [2.45, 2.75) is 25.8 Å². The van der Waals surface area contributed by atoms with Gasteiger partial charge in [0.1, 0.15) is 0 Å². The van der Waals surface area contributed by atoms with Gasteiger partial charge in [0, 0.05) is 6.54 Å². The summed E-state index contributed by atoms with van der Waals surface area (Å²) in [5, 5.41) is 3.07. The fraction of sp³-hybridized carbons (Fsp3) is 0.278. The van der Waals surface area contributed by atoms with Crippen molar-refractivity contribution in [3.05, 3.63) is 71.3 Å². The Balaban J connectivity index is 0.00000242. The molecule has 1 amide bonds. The quantitative estimate of drug-likeness (QED) is 0.888. The van der Waals surface area contributed by atoms with Crippen LogP contribution in [0.5, 0.6) is 0 Å². The van der Waals surface area contributed by atoms with Gasteiger partial charge in [0.15, 0.2) is 0 Å². The van der Waals surface area contributed by atoms with Gasteiger partial charge < -0.3 is 11.1 Å². The Labute approximate surface area is 138 Å². The molecule has 2 atom stereocenters. The number of benzene rings is 2. The molecule has 2 aromatic carbocycles. The zero-order chi connectivity index (χ0) is 15.2. The van der Waals surface area contributed by atoms with Crippen LogP contribution in [0.15, 0.2) is 54.6 Å². The van der Waals surface area contributed by atoms with E-state index in [1.54, 1.807) is 0 Å². The summed E-state index contributed by atoms with van der Waals surface area (Å²) >= 11 is 0. The minimum absolute atomic E-state index is 0. The molecule has 118 valence electrons. The standard InChI is InChI=1S/C18H22N2O.ClH/c1-13-8-6-7-11-16(13)14(2)20-18(21)17(12-19)15-9-4-3-5-10-15;/h3-11,14,17H,12,19H2,1-2H3,(H,20,21);1H. The predicted octanol–water partition coefficient (Wildman–Crippen LogP) is 3.34. The van der Waals surface area contributed by atoms with Gasteiger partial charge in [-0.2, -0.15) is 0 Å². The van der Waals surface area contributed by atoms with Gasteiger partial charge in [0.25, 0.3) is 0 Å². The summed E-state index contributed by atoms with van der Waals surface area (Å²) in [6, 6.07) is 17.7. The molecule has 3 nitrogen and oxygen atoms in total. The van der Waals surface area contributed by atoms with Crippen LogP contribution in [0, 0.1) is 6.92 Å². The van der Waals surface area contributed by atoms with E-state index in [2.05, 4.69) is 18.3 Å². The monoisotopic (exact) mass is 318 g/mol. The molecule has 0 aromatic heterocycles. The molecule has 0 heterocycles.